The molecule has 3 nitrogen and oxygen atoms in total. The molecule has 1 aromatic rings. The van der Waals surface area contributed by atoms with Gasteiger partial charge < -0.3 is 10.5 Å². The number of methoxy groups -OCH3 is 1. The van der Waals surface area contributed by atoms with E-state index >= 15 is 0 Å². The summed E-state index contributed by atoms with van der Waals surface area (Å²) in [6, 6.07) is 5.86. The third-order valence-electron chi connectivity index (χ3n) is 2.83. The molecule has 86 valence electrons. The number of halogens is 2. The largest absolute Gasteiger partial charge is 0.465 e. The minimum atomic E-state index is -2.89. The van der Waals surface area contributed by atoms with Gasteiger partial charge in [-0.15, -0.1) is 0 Å². The average molecular weight is 227 g/mol. The minimum absolute atomic E-state index is 0.229. The van der Waals surface area contributed by atoms with Crippen LogP contribution in [0.25, 0.3) is 0 Å². The molecule has 2 rings (SSSR count). The first kappa shape index (κ1) is 11.0. The van der Waals surface area contributed by atoms with Crippen molar-refractivity contribution in [2.24, 2.45) is 5.73 Å². The predicted octanol–water partition coefficient (Wildman–Crippen LogP) is 1.67. The van der Waals surface area contributed by atoms with Crippen LogP contribution < -0.4 is 5.73 Å². The number of hydrogen-bond donors (Lipinski definition) is 1. The molecule has 1 aliphatic rings. The van der Waals surface area contributed by atoms with Gasteiger partial charge in [0.05, 0.1) is 12.7 Å². The number of hydrogen-bond acceptors (Lipinski definition) is 3. The van der Waals surface area contributed by atoms with Gasteiger partial charge in [0.15, 0.2) is 0 Å². The number of rotatable bonds is 2. The third-order valence-corrected chi connectivity index (χ3v) is 2.83. The summed E-state index contributed by atoms with van der Waals surface area (Å²) in [7, 11) is 1.24. The van der Waals surface area contributed by atoms with Gasteiger partial charge in [-0.1, -0.05) is 12.1 Å². The summed E-state index contributed by atoms with van der Waals surface area (Å²) in [4.78, 5) is 11.2. The van der Waals surface area contributed by atoms with Gasteiger partial charge in [-0.05, 0) is 17.7 Å². The van der Waals surface area contributed by atoms with Crippen molar-refractivity contribution in [1.29, 1.82) is 0 Å². The lowest BCUT2D eigenvalue weighted by Crippen LogP contribution is -2.27. The fraction of sp³-hybridized carbons (Fsp3) is 0.364. The van der Waals surface area contributed by atoms with Gasteiger partial charge in [0, 0.05) is 6.42 Å². The molecule has 0 heterocycles. The number of benzene rings is 1. The quantitative estimate of drug-likeness (QED) is 0.782. The van der Waals surface area contributed by atoms with E-state index in [2.05, 4.69) is 4.74 Å². The second-order valence-corrected chi connectivity index (χ2v) is 3.92. The SMILES string of the molecule is COC(=O)c1cccc(C2(N)CC2(F)F)c1. The van der Waals surface area contributed by atoms with Crippen LogP contribution in [0.2, 0.25) is 0 Å². The van der Waals surface area contributed by atoms with E-state index < -0.39 is 17.4 Å². The van der Waals surface area contributed by atoms with Gasteiger partial charge in [0.25, 0.3) is 5.92 Å². The normalized spacial score (nSPS) is 26.2. The number of esters is 1. The van der Waals surface area contributed by atoms with Crippen molar-refractivity contribution in [2.45, 2.75) is 17.9 Å². The highest BCUT2D eigenvalue weighted by molar-refractivity contribution is 5.89. The van der Waals surface area contributed by atoms with E-state index in [4.69, 9.17) is 5.73 Å². The zero-order chi connectivity index (χ0) is 12.0. The van der Waals surface area contributed by atoms with E-state index in [-0.39, 0.29) is 17.5 Å². The molecule has 0 spiro atoms. The van der Waals surface area contributed by atoms with Crippen molar-refractivity contribution in [1.82, 2.24) is 0 Å². The standard InChI is InChI=1S/C11H11F2NO2/c1-16-9(15)7-3-2-4-8(5-7)10(14)6-11(10,12)13/h2-5H,6,14H2,1H3. The Labute approximate surface area is 91.2 Å². The highest BCUT2D eigenvalue weighted by atomic mass is 19.3. The van der Waals surface area contributed by atoms with Crippen LogP contribution >= 0.6 is 0 Å². The van der Waals surface area contributed by atoms with E-state index in [0.717, 1.165) is 0 Å². The van der Waals surface area contributed by atoms with Crippen molar-refractivity contribution < 1.29 is 18.3 Å². The highest BCUT2D eigenvalue weighted by Gasteiger charge is 2.69. The van der Waals surface area contributed by atoms with Crippen LogP contribution in [0.3, 0.4) is 0 Å². The molecule has 0 aliphatic heterocycles. The topological polar surface area (TPSA) is 52.3 Å². The number of nitrogens with two attached hydrogens (primary N) is 1. The number of carbonyl (C=O) groups excluding carboxylic acids is 1. The van der Waals surface area contributed by atoms with Crippen molar-refractivity contribution in [3.63, 3.8) is 0 Å². The molecule has 0 saturated heterocycles. The lowest BCUT2D eigenvalue weighted by Gasteiger charge is -2.11. The second kappa shape index (κ2) is 3.25. The van der Waals surface area contributed by atoms with Gasteiger partial charge in [-0.25, -0.2) is 13.6 Å². The molecule has 0 radical (unpaired) electrons. The molecule has 1 saturated carbocycles. The molecule has 0 amide bonds. The van der Waals surface area contributed by atoms with Crippen LogP contribution in [0, 0.1) is 0 Å². The summed E-state index contributed by atoms with van der Waals surface area (Å²) in [5.74, 6) is -3.45. The fourth-order valence-corrected chi connectivity index (χ4v) is 1.66. The summed E-state index contributed by atoms with van der Waals surface area (Å²) in [5.41, 5.74) is 4.42. The van der Waals surface area contributed by atoms with E-state index in [1.807, 2.05) is 0 Å². The Balaban J connectivity index is 2.35. The van der Waals surface area contributed by atoms with Gasteiger partial charge in [0.1, 0.15) is 5.54 Å². The maximum Gasteiger partial charge on any atom is 0.337 e. The maximum absolute atomic E-state index is 13.0. The van der Waals surface area contributed by atoms with Gasteiger partial charge in [-0.2, -0.15) is 0 Å². The number of alkyl halides is 2. The zero-order valence-corrected chi connectivity index (χ0v) is 8.67. The lowest BCUT2D eigenvalue weighted by atomic mass is 10.0. The van der Waals surface area contributed by atoms with E-state index in [1.165, 1.54) is 31.4 Å². The molecule has 1 aromatic carbocycles. The minimum Gasteiger partial charge on any atom is -0.465 e. The summed E-state index contributed by atoms with van der Waals surface area (Å²) < 4.78 is 30.6. The molecule has 0 bridgehead atoms. The van der Waals surface area contributed by atoms with Gasteiger partial charge >= 0.3 is 5.97 Å². The number of carbonyl (C=O) groups is 1. The van der Waals surface area contributed by atoms with Crippen LogP contribution in [-0.4, -0.2) is 19.0 Å². The molecule has 2 N–H and O–H groups in total. The number of ether oxygens (including phenoxy) is 1. The first-order chi connectivity index (χ1) is 7.40. The van der Waals surface area contributed by atoms with Crippen LogP contribution in [0.15, 0.2) is 24.3 Å². The first-order valence-electron chi connectivity index (χ1n) is 4.76. The monoisotopic (exact) mass is 227 g/mol. The Kier molecular flexibility index (Phi) is 2.24. The smallest absolute Gasteiger partial charge is 0.337 e. The van der Waals surface area contributed by atoms with Crippen LogP contribution in [0.5, 0.6) is 0 Å². The van der Waals surface area contributed by atoms with Crippen molar-refractivity contribution in [3.8, 4) is 0 Å². The molecular weight excluding hydrogens is 216 g/mol. The van der Waals surface area contributed by atoms with E-state index in [0.29, 0.717) is 0 Å². The second-order valence-electron chi connectivity index (χ2n) is 3.92. The first-order valence-corrected chi connectivity index (χ1v) is 4.76. The summed E-state index contributed by atoms with van der Waals surface area (Å²) in [5, 5.41) is 0. The Hall–Kier alpha value is -1.49. The van der Waals surface area contributed by atoms with E-state index in [9.17, 15) is 13.6 Å². The Bertz CT molecular complexity index is 447. The maximum atomic E-state index is 13.0. The molecular formula is C11H11F2NO2. The summed E-state index contributed by atoms with van der Waals surface area (Å²) in [6.07, 6.45) is -0.384. The fourth-order valence-electron chi connectivity index (χ4n) is 1.66. The van der Waals surface area contributed by atoms with Crippen LogP contribution in [-0.2, 0) is 10.3 Å². The van der Waals surface area contributed by atoms with Crippen molar-refractivity contribution >= 4 is 5.97 Å². The Morgan fingerprint density at radius 2 is 2.12 bits per heavy atom. The summed E-state index contributed by atoms with van der Waals surface area (Å²) in [6.45, 7) is 0. The molecule has 1 fully saturated rings. The van der Waals surface area contributed by atoms with Gasteiger partial charge in [-0.3, -0.25) is 0 Å². The molecule has 0 aromatic heterocycles. The predicted molar refractivity (Wildman–Crippen MR) is 53.2 cm³/mol. The van der Waals surface area contributed by atoms with Crippen molar-refractivity contribution in [2.75, 3.05) is 7.11 Å². The molecule has 1 aliphatic carbocycles. The zero-order valence-electron chi connectivity index (χ0n) is 8.67. The Morgan fingerprint density at radius 1 is 1.50 bits per heavy atom. The molecule has 1 atom stereocenters. The lowest BCUT2D eigenvalue weighted by molar-refractivity contribution is 0.0599. The van der Waals surface area contributed by atoms with Crippen LogP contribution in [0.4, 0.5) is 8.78 Å². The van der Waals surface area contributed by atoms with Crippen LogP contribution in [0.1, 0.15) is 22.3 Å². The summed E-state index contributed by atoms with van der Waals surface area (Å²) >= 11 is 0. The molecule has 1 unspecified atom stereocenters. The molecule has 16 heavy (non-hydrogen) atoms. The highest BCUT2D eigenvalue weighted by Crippen LogP contribution is 2.57. The van der Waals surface area contributed by atoms with E-state index in [1.54, 1.807) is 0 Å². The average Bonchev–Trinajstić information content (AvgIpc) is 2.79. The van der Waals surface area contributed by atoms with Crippen molar-refractivity contribution in [3.05, 3.63) is 35.4 Å². The third kappa shape index (κ3) is 1.48. The Morgan fingerprint density at radius 3 is 2.62 bits per heavy atom. The molecule has 5 heteroatoms. The van der Waals surface area contributed by atoms with Gasteiger partial charge in [0.2, 0.25) is 0 Å².